The lowest BCUT2D eigenvalue weighted by Crippen LogP contribution is -2.33. The van der Waals surface area contributed by atoms with E-state index in [9.17, 15) is 9.59 Å². The van der Waals surface area contributed by atoms with Crippen molar-refractivity contribution in [1.82, 2.24) is 4.90 Å². The summed E-state index contributed by atoms with van der Waals surface area (Å²) < 4.78 is 0. The van der Waals surface area contributed by atoms with Gasteiger partial charge in [-0.1, -0.05) is 71.9 Å². The molecule has 162 valence electrons. The van der Waals surface area contributed by atoms with E-state index in [-0.39, 0.29) is 18.2 Å². The predicted molar refractivity (Wildman–Crippen MR) is 131 cm³/mol. The first-order chi connectivity index (χ1) is 15.5. The number of amides is 2. The Hall–Kier alpha value is -3.09. The number of carbonyl (C=O) groups excluding carboxylic acids is 2. The highest BCUT2D eigenvalue weighted by atomic mass is 35.5. The minimum absolute atomic E-state index is 0.0668. The summed E-state index contributed by atoms with van der Waals surface area (Å²) in [5.41, 5.74) is 3.43. The third-order valence-corrected chi connectivity index (χ3v) is 6.32. The van der Waals surface area contributed by atoms with E-state index in [1.807, 2.05) is 73.7 Å². The lowest BCUT2D eigenvalue weighted by molar-refractivity contribution is -0.128. The number of nitrogens with one attached hydrogen (secondary N) is 1. The minimum Gasteiger partial charge on any atom is -0.326 e. The van der Waals surface area contributed by atoms with E-state index in [2.05, 4.69) is 10.3 Å². The van der Waals surface area contributed by atoms with Crippen LogP contribution in [0.3, 0.4) is 0 Å². The van der Waals surface area contributed by atoms with Crippen LogP contribution >= 0.6 is 23.4 Å². The number of aryl methyl sites for hydroxylation is 1. The molecule has 4 rings (SSSR count). The molecule has 1 fully saturated rings. The number of hydrogen-bond acceptors (Lipinski definition) is 4. The normalized spacial score (nSPS) is 17.1. The van der Waals surface area contributed by atoms with Gasteiger partial charge >= 0.3 is 0 Å². The molecule has 5 nitrogen and oxygen atoms in total. The molecule has 3 aromatic rings. The summed E-state index contributed by atoms with van der Waals surface area (Å²) in [7, 11) is 0. The molecule has 32 heavy (non-hydrogen) atoms. The molecule has 2 amide bonds. The SMILES string of the molecule is Cc1cccc(NC(=O)C[C@@H]2SC(=Nc3cccc(Cl)c3)N(Cc3ccccc3)C2=O)c1. The number of aliphatic imine (C=N–C) groups is 1. The van der Waals surface area contributed by atoms with Crippen LogP contribution in [0, 0.1) is 6.92 Å². The number of rotatable bonds is 6. The van der Waals surface area contributed by atoms with Gasteiger partial charge in [0.15, 0.2) is 5.17 Å². The fourth-order valence-electron chi connectivity index (χ4n) is 3.40. The van der Waals surface area contributed by atoms with Crippen LogP contribution < -0.4 is 5.32 Å². The monoisotopic (exact) mass is 463 g/mol. The summed E-state index contributed by atoms with van der Waals surface area (Å²) in [5.74, 6) is -0.329. The summed E-state index contributed by atoms with van der Waals surface area (Å²) in [6.07, 6.45) is 0.0668. The summed E-state index contributed by atoms with van der Waals surface area (Å²) >= 11 is 7.41. The zero-order valence-corrected chi connectivity index (χ0v) is 19.1. The molecule has 1 aliphatic heterocycles. The second kappa shape index (κ2) is 10.0. The van der Waals surface area contributed by atoms with Gasteiger partial charge in [0.1, 0.15) is 5.25 Å². The van der Waals surface area contributed by atoms with Gasteiger partial charge in [-0.05, 0) is 48.4 Å². The summed E-state index contributed by atoms with van der Waals surface area (Å²) in [6.45, 7) is 2.36. The number of thioether (sulfide) groups is 1. The first-order valence-electron chi connectivity index (χ1n) is 10.2. The Labute approximate surface area is 196 Å². The zero-order chi connectivity index (χ0) is 22.5. The molecule has 0 bridgehead atoms. The van der Waals surface area contributed by atoms with E-state index >= 15 is 0 Å². The molecular weight excluding hydrogens is 442 g/mol. The van der Waals surface area contributed by atoms with Crippen molar-refractivity contribution < 1.29 is 9.59 Å². The van der Waals surface area contributed by atoms with E-state index in [1.54, 1.807) is 17.0 Å². The molecule has 0 saturated carbocycles. The molecule has 1 saturated heterocycles. The van der Waals surface area contributed by atoms with Crippen molar-refractivity contribution in [3.63, 3.8) is 0 Å². The van der Waals surface area contributed by atoms with Gasteiger partial charge < -0.3 is 5.32 Å². The standard InChI is InChI=1S/C25H22ClN3O2S/c1-17-7-5-11-20(13-17)27-23(30)15-22-24(31)29(16-18-8-3-2-4-9-18)25(32-22)28-21-12-6-10-19(26)14-21/h2-14,22H,15-16H2,1H3,(H,27,30)/t22-/m0/s1. The predicted octanol–water partition coefficient (Wildman–Crippen LogP) is 5.81. The van der Waals surface area contributed by atoms with E-state index in [4.69, 9.17) is 11.6 Å². The molecule has 0 spiro atoms. The van der Waals surface area contributed by atoms with Gasteiger partial charge in [0, 0.05) is 17.1 Å². The molecule has 1 atom stereocenters. The fourth-order valence-corrected chi connectivity index (χ4v) is 4.74. The molecule has 7 heteroatoms. The molecule has 0 aliphatic carbocycles. The Morgan fingerprint density at radius 2 is 1.84 bits per heavy atom. The third kappa shape index (κ3) is 5.58. The van der Waals surface area contributed by atoms with Crippen LogP contribution in [0.15, 0.2) is 83.9 Å². The molecular formula is C25H22ClN3O2S. The number of carbonyl (C=O) groups is 2. The molecule has 1 aliphatic rings. The number of halogens is 1. The molecule has 0 radical (unpaired) electrons. The van der Waals surface area contributed by atoms with Crippen LogP contribution in [0.1, 0.15) is 17.5 Å². The first kappa shape index (κ1) is 22.1. The van der Waals surface area contributed by atoms with E-state index in [1.165, 1.54) is 11.8 Å². The van der Waals surface area contributed by atoms with Gasteiger partial charge in [-0.2, -0.15) is 0 Å². The van der Waals surface area contributed by atoms with Crippen molar-refractivity contribution in [3.05, 3.63) is 95.0 Å². The van der Waals surface area contributed by atoms with Crippen molar-refractivity contribution in [2.45, 2.75) is 25.1 Å². The zero-order valence-electron chi connectivity index (χ0n) is 17.5. The Morgan fingerprint density at radius 3 is 2.59 bits per heavy atom. The smallest absolute Gasteiger partial charge is 0.242 e. The van der Waals surface area contributed by atoms with Gasteiger partial charge in [-0.25, -0.2) is 4.99 Å². The van der Waals surface area contributed by atoms with Crippen LogP contribution in [0.2, 0.25) is 5.02 Å². The van der Waals surface area contributed by atoms with Gasteiger partial charge in [0.25, 0.3) is 0 Å². The molecule has 1 heterocycles. The van der Waals surface area contributed by atoms with Crippen molar-refractivity contribution in [3.8, 4) is 0 Å². The highest BCUT2D eigenvalue weighted by molar-refractivity contribution is 8.15. The van der Waals surface area contributed by atoms with Crippen LogP contribution in [0.5, 0.6) is 0 Å². The molecule has 0 unspecified atom stereocenters. The second-order valence-corrected chi connectivity index (χ2v) is 9.12. The van der Waals surface area contributed by atoms with E-state index in [0.29, 0.717) is 22.4 Å². The average molecular weight is 464 g/mol. The number of benzene rings is 3. The summed E-state index contributed by atoms with van der Waals surface area (Å²) in [5, 5.41) is 3.48. The molecule has 1 N–H and O–H groups in total. The Kier molecular flexibility index (Phi) is 6.93. The number of amidine groups is 1. The van der Waals surface area contributed by atoms with Crippen LogP contribution in [-0.4, -0.2) is 27.1 Å². The topological polar surface area (TPSA) is 61.8 Å². The minimum atomic E-state index is -0.540. The van der Waals surface area contributed by atoms with Crippen molar-refractivity contribution in [1.29, 1.82) is 0 Å². The van der Waals surface area contributed by atoms with Crippen molar-refractivity contribution >= 4 is 51.7 Å². The lowest BCUT2D eigenvalue weighted by atomic mass is 10.2. The Balaban J connectivity index is 1.54. The van der Waals surface area contributed by atoms with Gasteiger partial charge in [0.05, 0.1) is 12.2 Å². The third-order valence-electron chi connectivity index (χ3n) is 4.91. The van der Waals surface area contributed by atoms with Crippen molar-refractivity contribution in [2.24, 2.45) is 4.99 Å². The van der Waals surface area contributed by atoms with Crippen LogP contribution in [0.25, 0.3) is 0 Å². The second-order valence-electron chi connectivity index (χ2n) is 7.51. The fraction of sp³-hybridized carbons (Fsp3) is 0.160. The first-order valence-corrected chi connectivity index (χ1v) is 11.5. The van der Waals surface area contributed by atoms with Gasteiger partial charge in [0.2, 0.25) is 11.8 Å². The van der Waals surface area contributed by atoms with Gasteiger partial charge in [-0.15, -0.1) is 0 Å². The maximum absolute atomic E-state index is 13.2. The lowest BCUT2D eigenvalue weighted by Gasteiger charge is -2.16. The number of nitrogens with zero attached hydrogens (tertiary/aromatic N) is 2. The highest BCUT2D eigenvalue weighted by Gasteiger charge is 2.39. The average Bonchev–Trinajstić information content (AvgIpc) is 3.03. The largest absolute Gasteiger partial charge is 0.326 e. The molecule has 0 aromatic heterocycles. The number of hydrogen-bond donors (Lipinski definition) is 1. The maximum Gasteiger partial charge on any atom is 0.242 e. The van der Waals surface area contributed by atoms with Crippen LogP contribution in [0.4, 0.5) is 11.4 Å². The Morgan fingerprint density at radius 1 is 1.06 bits per heavy atom. The van der Waals surface area contributed by atoms with Crippen LogP contribution in [-0.2, 0) is 16.1 Å². The number of anilines is 1. The van der Waals surface area contributed by atoms with E-state index < -0.39 is 5.25 Å². The maximum atomic E-state index is 13.2. The molecule has 3 aromatic carbocycles. The highest BCUT2D eigenvalue weighted by Crippen LogP contribution is 2.33. The van der Waals surface area contributed by atoms with Crippen molar-refractivity contribution in [2.75, 3.05) is 5.32 Å². The summed E-state index contributed by atoms with van der Waals surface area (Å²) in [6, 6.07) is 24.5. The Bertz CT molecular complexity index is 1170. The van der Waals surface area contributed by atoms with E-state index in [0.717, 1.165) is 16.8 Å². The quantitative estimate of drug-likeness (QED) is 0.501. The van der Waals surface area contributed by atoms with Gasteiger partial charge in [-0.3, -0.25) is 14.5 Å². The summed E-state index contributed by atoms with van der Waals surface area (Å²) in [4.78, 5) is 32.2.